The number of hydrogen-bond acceptors (Lipinski definition) is 5. The highest BCUT2D eigenvalue weighted by Gasteiger charge is 2.22. The molecule has 0 bridgehead atoms. The van der Waals surface area contributed by atoms with Crippen LogP contribution in [0.5, 0.6) is 11.5 Å². The van der Waals surface area contributed by atoms with Crippen molar-refractivity contribution < 1.29 is 14.6 Å². The number of nitrogens with one attached hydrogen (secondary N) is 1. The molecule has 1 aromatic rings. The number of methoxy groups -OCH3 is 1. The quantitative estimate of drug-likeness (QED) is 0.637. The van der Waals surface area contributed by atoms with Gasteiger partial charge in [0.2, 0.25) is 0 Å². The third-order valence-corrected chi connectivity index (χ3v) is 3.46. The van der Waals surface area contributed by atoms with Gasteiger partial charge in [-0.05, 0) is 23.9 Å². The third-order valence-electron chi connectivity index (χ3n) is 2.18. The van der Waals surface area contributed by atoms with Crippen molar-refractivity contribution in [3.63, 3.8) is 0 Å². The van der Waals surface area contributed by atoms with Crippen molar-refractivity contribution in [1.29, 1.82) is 0 Å². The summed E-state index contributed by atoms with van der Waals surface area (Å²) in [5, 5.41) is 12.2. The van der Waals surface area contributed by atoms with Crippen LogP contribution in [0.2, 0.25) is 0 Å². The number of amides is 1. The summed E-state index contributed by atoms with van der Waals surface area (Å²) in [5.41, 5.74) is 0.561. The van der Waals surface area contributed by atoms with Crippen LogP contribution in [0.15, 0.2) is 23.1 Å². The van der Waals surface area contributed by atoms with E-state index in [0.29, 0.717) is 21.2 Å². The summed E-state index contributed by atoms with van der Waals surface area (Å²) >= 11 is 6.00. The molecule has 1 aliphatic rings. The lowest BCUT2D eigenvalue weighted by molar-refractivity contribution is 0.265. The van der Waals surface area contributed by atoms with E-state index in [9.17, 15) is 9.90 Å². The van der Waals surface area contributed by atoms with Gasteiger partial charge < -0.3 is 15.2 Å². The molecule has 2 N–H and O–H groups in total. The second-order valence-corrected chi connectivity index (χ2v) is 4.67. The van der Waals surface area contributed by atoms with Crippen LogP contribution in [-0.2, 0) is 0 Å². The third kappa shape index (κ3) is 2.42. The summed E-state index contributed by atoms with van der Waals surface area (Å²) in [6.45, 7) is 0. The Bertz CT molecular complexity index is 525. The molecule has 88 valence electrons. The Morgan fingerprint density at radius 3 is 2.88 bits per heavy atom. The number of benzene rings is 1. The monoisotopic (exact) mass is 267 g/mol. The molecule has 0 aliphatic carbocycles. The van der Waals surface area contributed by atoms with Crippen molar-refractivity contribution in [2.24, 2.45) is 0 Å². The standard InChI is InChI=1S/C11H9NO3S2/c1-15-7-4-2-3-6(9(7)13)5-8-10(16)12-11(14)17-8/h2-5,13H,1H3,(H,12,14,16)/b8-5+. The van der Waals surface area contributed by atoms with Crippen molar-refractivity contribution in [2.45, 2.75) is 0 Å². The molecule has 4 nitrogen and oxygen atoms in total. The largest absolute Gasteiger partial charge is 0.504 e. The molecule has 1 amide bonds. The van der Waals surface area contributed by atoms with E-state index in [1.54, 1.807) is 24.3 Å². The van der Waals surface area contributed by atoms with Crippen molar-refractivity contribution in [3.05, 3.63) is 28.7 Å². The summed E-state index contributed by atoms with van der Waals surface area (Å²) in [6, 6.07) is 5.13. The Kier molecular flexibility index (Phi) is 3.35. The average Bonchev–Trinajstić information content (AvgIpc) is 2.60. The first kappa shape index (κ1) is 11.9. The molecule has 6 heteroatoms. The van der Waals surface area contributed by atoms with Gasteiger partial charge in [-0.25, -0.2) is 0 Å². The molecular formula is C11H9NO3S2. The minimum atomic E-state index is -0.205. The van der Waals surface area contributed by atoms with Crippen LogP contribution >= 0.6 is 24.0 Å². The van der Waals surface area contributed by atoms with Crippen LogP contribution in [0.3, 0.4) is 0 Å². The lowest BCUT2D eigenvalue weighted by atomic mass is 10.1. The molecule has 1 fully saturated rings. The minimum Gasteiger partial charge on any atom is -0.504 e. The van der Waals surface area contributed by atoms with Crippen molar-refractivity contribution in [3.8, 4) is 11.5 Å². The molecule has 1 saturated heterocycles. The maximum Gasteiger partial charge on any atom is 0.289 e. The van der Waals surface area contributed by atoms with Gasteiger partial charge in [0, 0.05) is 5.56 Å². The molecule has 1 aliphatic heterocycles. The van der Waals surface area contributed by atoms with Crippen molar-refractivity contribution in [2.75, 3.05) is 7.11 Å². The van der Waals surface area contributed by atoms with E-state index in [4.69, 9.17) is 17.0 Å². The number of thiocarbonyl (C=S) groups is 1. The highest BCUT2D eigenvalue weighted by molar-refractivity contribution is 8.19. The van der Waals surface area contributed by atoms with Gasteiger partial charge in [-0.1, -0.05) is 24.4 Å². The second kappa shape index (κ2) is 4.77. The van der Waals surface area contributed by atoms with Gasteiger partial charge in [0.15, 0.2) is 11.5 Å². The molecule has 2 rings (SSSR count). The highest BCUT2D eigenvalue weighted by Crippen LogP contribution is 2.34. The normalized spacial score (nSPS) is 17.4. The second-order valence-electron chi connectivity index (χ2n) is 3.25. The molecular weight excluding hydrogens is 258 g/mol. The summed E-state index contributed by atoms with van der Waals surface area (Å²) in [4.78, 5) is 12.1. The van der Waals surface area contributed by atoms with Gasteiger partial charge in [0.25, 0.3) is 5.24 Å². The van der Waals surface area contributed by atoms with Gasteiger partial charge in [-0.2, -0.15) is 0 Å². The van der Waals surface area contributed by atoms with Crippen LogP contribution in [0.25, 0.3) is 6.08 Å². The molecule has 0 atom stereocenters. The minimum absolute atomic E-state index is 0.0326. The number of phenols is 1. The van der Waals surface area contributed by atoms with Crippen LogP contribution in [0.4, 0.5) is 4.79 Å². The van der Waals surface area contributed by atoms with Gasteiger partial charge in [-0.15, -0.1) is 0 Å². The average molecular weight is 267 g/mol. The maximum atomic E-state index is 11.1. The number of aromatic hydroxyl groups is 1. The fourth-order valence-corrected chi connectivity index (χ4v) is 2.41. The van der Waals surface area contributed by atoms with Gasteiger partial charge in [0.1, 0.15) is 4.99 Å². The predicted molar refractivity (Wildman–Crippen MR) is 71.4 cm³/mol. The predicted octanol–water partition coefficient (Wildman–Crippen LogP) is 2.53. The Labute approximate surface area is 108 Å². The summed E-state index contributed by atoms with van der Waals surface area (Å²) < 4.78 is 5.00. The lowest BCUT2D eigenvalue weighted by Gasteiger charge is -2.05. The fourth-order valence-electron chi connectivity index (χ4n) is 1.38. The van der Waals surface area contributed by atoms with Crippen LogP contribution < -0.4 is 10.1 Å². The molecule has 0 aromatic heterocycles. The van der Waals surface area contributed by atoms with E-state index in [1.165, 1.54) is 7.11 Å². The molecule has 1 heterocycles. The zero-order chi connectivity index (χ0) is 12.4. The molecule has 0 spiro atoms. The van der Waals surface area contributed by atoms with Gasteiger partial charge in [-0.3, -0.25) is 4.79 Å². The first-order chi connectivity index (χ1) is 8.11. The summed E-state index contributed by atoms with van der Waals surface area (Å²) in [6.07, 6.45) is 1.66. The highest BCUT2D eigenvalue weighted by atomic mass is 32.2. The lowest BCUT2D eigenvalue weighted by Crippen LogP contribution is -2.15. The zero-order valence-electron chi connectivity index (χ0n) is 8.89. The van der Waals surface area contributed by atoms with E-state index in [0.717, 1.165) is 11.8 Å². The maximum absolute atomic E-state index is 11.1. The molecule has 0 saturated carbocycles. The van der Waals surface area contributed by atoms with Gasteiger partial charge in [0.05, 0.1) is 12.0 Å². The molecule has 1 aromatic carbocycles. The van der Waals surface area contributed by atoms with E-state index in [1.807, 2.05) is 0 Å². The number of carbonyl (C=O) groups is 1. The topological polar surface area (TPSA) is 58.6 Å². The zero-order valence-corrected chi connectivity index (χ0v) is 10.5. The summed E-state index contributed by atoms with van der Waals surface area (Å²) in [7, 11) is 1.48. The van der Waals surface area contributed by atoms with Crippen LogP contribution in [-0.4, -0.2) is 22.4 Å². The first-order valence-corrected chi connectivity index (χ1v) is 5.95. The number of ether oxygens (including phenoxy) is 1. The van der Waals surface area contributed by atoms with Gasteiger partial charge >= 0.3 is 0 Å². The number of para-hydroxylation sites is 1. The summed E-state index contributed by atoms with van der Waals surface area (Å²) in [5.74, 6) is 0.415. The SMILES string of the molecule is COc1cccc(/C=C2/SC(=O)NC2=S)c1O. The van der Waals surface area contributed by atoms with Crippen molar-refractivity contribution >= 4 is 40.3 Å². The van der Waals surface area contributed by atoms with E-state index in [2.05, 4.69) is 5.32 Å². The van der Waals surface area contributed by atoms with E-state index in [-0.39, 0.29) is 11.0 Å². The van der Waals surface area contributed by atoms with E-state index >= 15 is 0 Å². The Hall–Kier alpha value is -1.53. The van der Waals surface area contributed by atoms with Crippen LogP contribution in [0, 0.1) is 0 Å². The Morgan fingerprint density at radius 1 is 1.53 bits per heavy atom. The Morgan fingerprint density at radius 2 is 2.29 bits per heavy atom. The Balaban J connectivity index is 2.39. The number of rotatable bonds is 2. The number of hydrogen-bond donors (Lipinski definition) is 2. The molecule has 0 unspecified atom stereocenters. The van der Waals surface area contributed by atoms with Crippen molar-refractivity contribution in [1.82, 2.24) is 5.32 Å². The smallest absolute Gasteiger partial charge is 0.289 e. The first-order valence-electron chi connectivity index (χ1n) is 4.72. The van der Waals surface area contributed by atoms with E-state index < -0.39 is 0 Å². The molecule has 0 radical (unpaired) electrons. The fraction of sp³-hybridized carbons (Fsp3) is 0.0909. The van der Waals surface area contributed by atoms with Crippen LogP contribution in [0.1, 0.15) is 5.56 Å². The molecule has 17 heavy (non-hydrogen) atoms. The number of carbonyl (C=O) groups excluding carboxylic acids is 1. The number of phenolic OH excluding ortho intramolecular Hbond substituents is 1. The number of thioether (sulfide) groups is 1.